The summed E-state index contributed by atoms with van der Waals surface area (Å²) in [6.07, 6.45) is 4.18. The molecule has 3 saturated heterocycles. The summed E-state index contributed by atoms with van der Waals surface area (Å²) < 4.78 is 5.56. The summed E-state index contributed by atoms with van der Waals surface area (Å²) in [4.78, 5) is 29.7. The molecule has 4 rings (SSSR count). The molecule has 5 nitrogen and oxygen atoms in total. The standard InChI is InChI=1S/C21H28N2O3/c1-2-23-19(24)17(16-7-4-3-5-8-16)15-21(23)10-12-22(13-11-21)20(25)18-9-6-14-26-18/h3-5,7-8,17-18H,2,6,9-15H2,1H3/t17?,18-/m0/s1. The normalized spacial score (nSPS) is 28.1. The van der Waals surface area contributed by atoms with Gasteiger partial charge in [0.25, 0.3) is 5.91 Å². The number of carbonyl (C=O) groups excluding carboxylic acids is 2. The third kappa shape index (κ3) is 2.92. The highest BCUT2D eigenvalue weighted by Gasteiger charge is 2.52. The van der Waals surface area contributed by atoms with E-state index in [1.807, 2.05) is 23.1 Å². The van der Waals surface area contributed by atoms with Crippen LogP contribution in [0.4, 0.5) is 0 Å². The summed E-state index contributed by atoms with van der Waals surface area (Å²) in [5.74, 6) is 0.346. The lowest BCUT2D eigenvalue weighted by Crippen LogP contribution is -2.55. The molecule has 2 amide bonds. The summed E-state index contributed by atoms with van der Waals surface area (Å²) in [5.41, 5.74) is 1.02. The number of likely N-dealkylation sites (N-methyl/N-ethyl adjacent to an activating group) is 1. The van der Waals surface area contributed by atoms with Crippen molar-refractivity contribution in [1.29, 1.82) is 0 Å². The Bertz CT molecular complexity index is 661. The predicted molar refractivity (Wildman–Crippen MR) is 98.7 cm³/mol. The molecule has 5 heteroatoms. The van der Waals surface area contributed by atoms with E-state index < -0.39 is 0 Å². The molecular weight excluding hydrogens is 328 g/mol. The van der Waals surface area contributed by atoms with Gasteiger partial charge >= 0.3 is 0 Å². The van der Waals surface area contributed by atoms with Gasteiger partial charge in [0.15, 0.2) is 0 Å². The predicted octanol–water partition coefficient (Wildman–Crippen LogP) is 2.56. The lowest BCUT2D eigenvalue weighted by Gasteiger charge is -2.45. The van der Waals surface area contributed by atoms with Crippen LogP contribution < -0.4 is 0 Å². The molecule has 1 unspecified atom stereocenters. The highest BCUT2D eigenvalue weighted by Crippen LogP contribution is 2.45. The quantitative estimate of drug-likeness (QED) is 0.836. The summed E-state index contributed by atoms with van der Waals surface area (Å²) in [6.45, 7) is 4.96. The van der Waals surface area contributed by atoms with Crippen molar-refractivity contribution >= 4 is 11.8 Å². The van der Waals surface area contributed by atoms with E-state index in [4.69, 9.17) is 4.74 Å². The Morgan fingerprint density at radius 1 is 1.23 bits per heavy atom. The molecule has 0 N–H and O–H groups in total. The summed E-state index contributed by atoms with van der Waals surface area (Å²) in [6, 6.07) is 10.1. The third-order valence-corrected chi connectivity index (χ3v) is 6.45. The SMILES string of the molecule is CCN1C(=O)C(c2ccccc2)CC12CCN(C(=O)[C@@H]1CCCO1)CC2. The van der Waals surface area contributed by atoms with E-state index in [2.05, 4.69) is 24.0 Å². The minimum atomic E-state index is -0.242. The molecule has 1 spiro atoms. The topological polar surface area (TPSA) is 49.9 Å². The van der Waals surface area contributed by atoms with Gasteiger partial charge in [-0.1, -0.05) is 30.3 Å². The zero-order chi connectivity index (χ0) is 18.1. The third-order valence-electron chi connectivity index (χ3n) is 6.45. The van der Waals surface area contributed by atoms with Crippen LogP contribution in [0.3, 0.4) is 0 Å². The molecule has 0 aromatic heterocycles. The number of rotatable bonds is 3. The number of amides is 2. The molecule has 3 aliphatic heterocycles. The van der Waals surface area contributed by atoms with E-state index in [1.54, 1.807) is 0 Å². The molecule has 3 heterocycles. The first-order chi connectivity index (χ1) is 12.6. The summed E-state index contributed by atoms with van der Waals surface area (Å²) in [5, 5.41) is 0. The molecule has 140 valence electrons. The Labute approximate surface area is 155 Å². The Morgan fingerprint density at radius 3 is 2.58 bits per heavy atom. The Balaban J connectivity index is 1.48. The van der Waals surface area contributed by atoms with Gasteiger partial charge in [-0.2, -0.15) is 0 Å². The first kappa shape index (κ1) is 17.5. The molecule has 0 saturated carbocycles. The van der Waals surface area contributed by atoms with Crippen molar-refractivity contribution < 1.29 is 14.3 Å². The smallest absolute Gasteiger partial charge is 0.251 e. The van der Waals surface area contributed by atoms with Gasteiger partial charge in [0.05, 0.1) is 5.92 Å². The molecule has 0 aliphatic carbocycles. The number of carbonyl (C=O) groups is 2. The second kappa shape index (κ2) is 7.03. The van der Waals surface area contributed by atoms with Crippen LogP contribution in [0.15, 0.2) is 30.3 Å². The van der Waals surface area contributed by atoms with Crippen LogP contribution in [0.25, 0.3) is 0 Å². The summed E-state index contributed by atoms with van der Waals surface area (Å²) in [7, 11) is 0. The highest BCUT2D eigenvalue weighted by molar-refractivity contribution is 5.87. The van der Waals surface area contributed by atoms with Crippen LogP contribution in [0.2, 0.25) is 0 Å². The maximum absolute atomic E-state index is 13.1. The minimum Gasteiger partial charge on any atom is -0.368 e. The molecule has 1 aromatic rings. The van der Waals surface area contributed by atoms with Crippen molar-refractivity contribution in [2.45, 2.75) is 56.6 Å². The zero-order valence-electron chi connectivity index (χ0n) is 15.5. The fraction of sp³-hybridized carbons (Fsp3) is 0.619. The van der Waals surface area contributed by atoms with E-state index in [1.165, 1.54) is 0 Å². The molecule has 3 aliphatic rings. The van der Waals surface area contributed by atoms with Crippen molar-refractivity contribution in [3.63, 3.8) is 0 Å². The van der Waals surface area contributed by atoms with Gasteiger partial charge in [0, 0.05) is 31.8 Å². The molecule has 26 heavy (non-hydrogen) atoms. The minimum absolute atomic E-state index is 0.0448. The van der Waals surface area contributed by atoms with E-state index in [9.17, 15) is 9.59 Å². The lowest BCUT2D eigenvalue weighted by molar-refractivity contribution is -0.144. The average Bonchev–Trinajstić information content (AvgIpc) is 3.30. The van der Waals surface area contributed by atoms with Crippen LogP contribution >= 0.6 is 0 Å². The Kier molecular flexibility index (Phi) is 4.74. The van der Waals surface area contributed by atoms with Crippen molar-refractivity contribution in [3.8, 4) is 0 Å². The maximum Gasteiger partial charge on any atom is 0.251 e. The van der Waals surface area contributed by atoms with Gasteiger partial charge in [-0.05, 0) is 44.6 Å². The van der Waals surface area contributed by atoms with Crippen molar-refractivity contribution in [1.82, 2.24) is 9.80 Å². The van der Waals surface area contributed by atoms with Gasteiger partial charge in [-0.25, -0.2) is 0 Å². The number of benzene rings is 1. The van der Waals surface area contributed by atoms with Crippen molar-refractivity contribution in [2.75, 3.05) is 26.2 Å². The fourth-order valence-corrected chi connectivity index (χ4v) is 5.03. The van der Waals surface area contributed by atoms with Crippen molar-refractivity contribution in [2.24, 2.45) is 0 Å². The Hall–Kier alpha value is -1.88. The number of hydrogen-bond donors (Lipinski definition) is 0. The largest absolute Gasteiger partial charge is 0.368 e. The van der Waals surface area contributed by atoms with E-state index in [0.29, 0.717) is 6.61 Å². The van der Waals surface area contributed by atoms with Gasteiger partial charge < -0.3 is 14.5 Å². The van der Waals surface area contributed by atoms with Gasteiger partial charge in [-0.15, -0.1) is 0 Å². The fourth-order valence-electron chi connectivity index (χ4n) is 5.03. The van der Waals surface area contributed by atoms with Crippen LogP contribution in [-0.2, 0) is 14.3 Å². The van der Waals surface area contributed by atoms with Gasteiger partial charge in [-0.3, -0.25) is 9.59 Å². The Morgan fingerprint density at radius 2 is 1.96 bits per heavy atom. The van der Waals surface area contributed by atoms with Crippen LogP contribution in [0.1, 0.15) is 50.5 Å². The lowest BCUT2D eigenvalue weighted by atomic mass is 9.81. The van der Waals surface area contributed by atoms with E-state index >= 15 is 0 Å². The van der Waals surface area contributed by atoms with Gasteiger partial charge in [0.2, 0.25) is 5.91 Å². The van der Waals surface area contributed by atoms with Gasteiger partial charge in [0.1, 0.15) is 6.10 Å². The molecule has 2 atom stereocenters. The monoisotopic (exact) mass is 356 g/mol. The second-order valence-electron chi connectivity index (χ2n) is 7.80. The summed E-state index contributed by atoms with van der Waals surface area (Å²) >= 11 is 0. The molecule has 3 fully saturated rings. The number of piperidine rings is 1. The van der Waals surface area contributed by atoms with Crippen LogP contribution in [0, 0.1) is 0 Å². The first-order valence-corrected chi connectivity index (χ1v) is 9.91. The molecule has 0 radical (unpaired) electrons. The van der Waals surface area contributed by atoms with E-state index in [0.717, 1.165) is 57.3 Å². The molecule has 1 aromatic carbocycles. The zero-order valence-corrected chi connectivity index (χ0v) is 15.5. The highest BCUT2D eigenvalue weighted by atomic mass is 16.5. The maximum atomic E-state index is 13.1. The van der Waals surface area contributed by atoms with Crippen LogP contribution in [0.5, 0.6) is 0 Å². The first-order valence-electron chi connectivity index (χ1n) is 9.91. The second-order valence-corrected chi connectivity index (χ2v) is 7.80. The molecule has 0 bridgehead atoms. The number of hydrogen-bond acceptors (Lipinski definition) is 3. The number of nitrogens with zero attached hydrogens (tertiary/aromatic N) is 2. The number of likely N-dealkylation sites (tertiary alicyclic amines) is 2. The number of ether oxygens (including phenoxy) is 1. The van der Waals surface area contributed by atoms with Crippen LogP contribution in [-0.4, -0.2) is 59.5 Å². The molecular formula is C21H28N2O3. The van der Waals surface area contributed by atoms with E-state index in [-0.39, 0.29) is 29.4 Å². The average molecular weight is 356 g/mol. The van der Waals surface area contributed by atoms with Crippen molar-refractivity contribution in [3.05, 3.63) is 35.9 Å².